The van der Waals surface area contributed by atoms with Crippen molar-refractivity contribution < 1.29 is 9.59 Å². The van der Waals surface area contributed by atoms with Crippen LogP contribution in [0.25, 0.3) is 0 Å². The van der Waals surface area contributed by atoms with E-state index in [4.69, 9.17) is 23.2 Å². The quantitative estimate of drug-likeness (QED) is 0.432. The number of aryl methyl sites for hydroxylation is 1. The van der Waals surface area contributed by atoms with Gasteiger partial charge >= 0.3 is 0 Å². The molecule has 1 N–H and O–H groups in total. The van der Waals surface area contributed by atoms with E-state index in [0.717, 1.165) is 5.56 Å². The van der Waals surface area contributed by atoms with Gasteiger partial charge in [0.25, 0.3) is 0 Å². The largest absolute Gasteiger partial charge is 0.352 e. The van der Waals surface area contributed by atoms with E-state index >= 15 is 0 Å². The van der Waals surface area contributed by atoms with Gasteiger partial charge in [0, 0.05) is 34.6 Å². The molecule has 0 saturated heterocycles. The monoisotopic (exact) mass is 490 g/mol. The first kappa shape index (κ1) is 27.2. The van der Waals surface area contributed by atoms with E-state index in [1.807, 2.05) is 20.8 Å². The molecule has 0 radical (unpaired) electrons. The number of hydrogen-bond donors (Lipinski definition) is 1. The first-order chi connectivity index (χ1) is 15.4. The minimum atomic E-state index is -0.601. The van der Waals surface area contributed by atoms with Crippen LogP contribution in [0.4, 0.5) is 0 Å². The van der Waals surface area contributed by atoms with Gasteiger partial charge in [-0.05, 0) is 55.4 Å². The van der Waals surface area contributed by atoms with Crippen LogP contribution in [0.1, 0.15) is 71.1 Å². The van der Waals surface area contributed by atoms with Crippen molar-refractivity contribution in [1.82, 2.24) is 10.2 Å². The van der Waals surface area contributed by atoms with Crippen LogP contribution in [0, 0.1) is 0 Å². The average Bonchev–Trinajstić information content (AvgIpc) is 2.73. The number of rotatable bonds is 9. The number of carbonyl (C=O) groups is 2. The lowest BCUT2D eigenvalue weighted by atomic mass is 9.86. The molecular formula is C27H36Cl2N2O2. The Morgan fingerprint density at radius 3 is 2.06 bits per heavy atom. The van der Waals surface area contributed by atoms with Gasteiger partial charge in [-0.25, -0.2) is 0 Å². The molecule has 0 aliphatic heterocycles. The molecule has 0 bridgehead atoms. The first-order valence-corrected chi connectivity index (χ1v) is 12.3. The summed E-state index contributed by atoms with van der Waals surface area (Å²) in [6.07, 6.45) is 1.38. The van der Waals surface area contributed by atoms with Crippen molar-refractivity contribution in [1.29, 1.82) is 0 Å². The first-order valence-electron chi connectivity index (χ1n) is 11.6. The van der Waals surface area contributed by atoms with Crippen LogP contribution in [0.5, 0.6) is 0 Å². The summed E-state index contributed by atoms with van der Waals surface area (Å²) >= 11 is 12.8. The average molecular weight is 492 g/mol. The lowest BCUT2D eigenvalue weighted by Gasteiger charge is -2.32. The number of hydrogen-bond acceptors (Lipinski definition) is 2. The second kappa shape index (κ2) is 11.9. The number of nitrogens with zero attached hydrogens (tertiary/aromatic N) is 1. The van der Waals surface area contributed by atoms with Crippen LogP contribution in [-0.2, 0) is 28.0 Å². The maximum Gasteiger partial charge on any atom is 0.243 e. The third-order valence-electron chi connectivity index (χ3n) is 5.65. The zero-order valence-corrected chi connectivity index (χ0v) is 22.1. The lowest BCUT2D eigenvalue weighted by molar-refractivity contribution is -0.141. The summed E-state index contributed by atoms with van der Waals surface area (Å²) in [7, 11) is 0. The third-order valence-corrected chi connectivity index (χ3v) is 6.36. The van der Waals surface area contributed by atoms with Crippen molar-refractivity contribution in [2.75, 3.05) is 0 Å². The number of halogens is 2. The van der Waals surface area contributed by atoms with Crippen molar-refractivity contribution in [2.24, 2.45) is 0 Å². The number of carbonyl (C=O) groups excluding carboxylic acids is 2. The predicted molar refractivity (Wildman–Crippen MR) is 138 cm³/mol. The molecule has 1 unspecified atom stereocenters. The summed E-state index contributed by atoms with van der Waals surface area (Å²) in [5, 5.41) is 3.91. The van der Waals surface area contributed by atoms with Crippen molar-refractivity contribution in [2.45, 2.75) is 84.8 Å². The van der Waals surface area contributed by atoms with E-state index < -0.39 is 6.04 Å². The van der Waals surface area contributed by atoms with Gasteiger partial charge in [-0.1, -0.05) is 81.2 Å². The maximum atomic E-state index is 13.4. The standard InChI is InChI=1S/C27H36Cl2N2O2/c1-7-24(26(33)30-18(2)3)31(17-21-22(28)9-8-10-23(21)29)25(32)16-13-19-11-14-20(15-12-19)27(4,5)6/h8-12,14-15,18,24H,7,13,16-17H2,1-6H3,(H,30,33). The minimum Gasteiger partial charge on any atom is -0.352 e. The molecule has 2 aromatic rings. The molecule has 2 aromatic carbocycles. The zero-order chi connectivity index (χ0) is 24.8. The van der Waals surface area contributed by atoms with Gasteiger partial charge in [0.1, 0.15) is 6.04 Å². The van der Waals surface area contributed by atoms with E-state index in [2.05, 4.69) is 50.4 Å². The zero-order valence-electron chi connectivity index (χ0n) is 20.5. The Balaban J connectivity index is 2.25. The van der Waals surface area contributed by atoms with E-state index in [-0.39, 0.29) is 29.8 Å². The predicted octanol–water partition coefficient (Wildman–Crippen LogP) is 6.56. The molecule has 0 spiro atoms. The fraction of sp³-hybridized carbons (Fsp3) is 0.481. The molecule has 0 aliphatic rings. The summed E-state index contributed by atoms with van der Waals surface area (Å²) in [6, 6.07) is 13.0. The van der Waals surface area contributed by atoms with Gasteiger partial charge in [-0.2, -0.15) is 0 Å². The summed E-state index contributed by atoms with van der Waals surface area (Å²) in [6.45, 7) is 12.4. The summed E-state index contributed by atoms with van der Waals surface area (Å²) in [5.74, 6) is -0.268. The van der Waals surface area contributed by atoms with Crippen LogP contribution in [0.2, 0.25) is 10.0 Å². The van der Waals surface area contributed by atoms with E-state index in [0.29, 0.717) is 34.9 Å². The van der Waals surface area contributed by atoms with Crippen molar-refractivity contribution in [3.05, 3.63) is 69.2 Å². The Kier molecular flexibility index (Phi) is 9.81. The SMILES string of the molecule is CCC(C(=O)NC(C)C)N(Cc1c(Cl)cccc1Cl)C(=O)CCc1ccc(C(C)(C)C)cc1. The Bertz CT molecular complexity index is 929. The van der Waals surface area contributed by atoms with Crippen LogP contribution >= 0.6 is 23.2 Å². The van der Waals surface area contributed by atoms with Crippen LogP contribution < -0.4 is 5.32 Å². The molecule has 4 nitrogen and oxygen atoms in total. The molecule has 6 heteroatoms. The van der Waals surface area contributed by atoms with Gasteiger partial charge in [0.05, 0.1) is 0 Å². The Morgan fingerprint density at radius 2 is 1.58 bits per heavy atom. The molecule has 2 amide bonds. The highest BCUT2D eigenvalue weighted by Crippen LogP contribution is 2.28. The number of benzene rings is 2. The van der Waals surface area contributed by atoms with Crippen LogP contribution in [0.15, 0.2) is 42.5 Å². The van der Waals surface area contributed by atoms with Gasteiger partial charge in [0.2, 0.25) is 11.8 Å². The minimum absolute atomic E-state index is 0.0197. The second-order valence-electron chi connectivity index (χ2n) is 9.76. The molecule has 2 rings (SSSR count). The third kappa shape index (κ3) is 7.75. The van der Waals surface area contributed by atoms with Gasteiger partial charge in [-0.3, -0.25) is 9.59 Å². The Labute approximate surface area is 208 Å². The molecule has 33 heavy (non-hydrogen) atoms. The highest BCUT2D eigenvalue weighted by Gasteiger charge is 2.29. The van der Waals surface area contributed by atoms with Crippen molar-refractivity contribution in [3.63, 3.8) is 0 Å². The molecule has 0 aliphatic carbocycles. The Hall–Kier alpha value is -2.04. The normalized spacial score (nSPS) is 12.5. The molecule has 0 heterocycles. The molecule has 1 atom stereocenters. The lowest BCUT2D eigenvalue weighted by Crippen LogP contribution is -2.50. The fourth-order valence-electron chi connectivity index (χ4n) is 3.72. The van der Waals surface area contributed by atoms with Crippen LogP contribution in [-0.4, -0.2) is 28.8 Å². The molecule has 180 valence electrons. The van der Waals surface area contributed by atoms with Crippen molar-refractivity contribution in [3.8, 4) is 0 Å². The Morgan fingerprint density at radius 1 is 1.00 bits per heavy atom. The molecule has 0 fully saturated rings. The molecule has 0 saturated carbocycles. The molecule has 0 aromatic heterocycles. The van der Waals surface area contributed by atoms with Gasteiger partial charge < -0.3 is 10.2 Å². The van der Waals surface area contributed by atoms with E-state index in [9.17, 15) is 9.59 Å². The smallest absolute Gasteiger partial charge is 0.243 e. The summed E-state index contributed by atoms with van der Waals surface area (Å²) in [5.41, 5.74) is 3.08. The summed E-state index contributed by atoms with van der Waals surface area (Å²) in [4.78, 5) is 28.0. The van der Waals surface area contributed by atoms with Crippen molar-refractivity contribution >= 4 is 35.0 Å². The van der Waals surface area contributed by atoms with E-state index in [1.54, 1.807) is 23.1 Å². The highest BCUT2D eigenvalue weighted by atomic mass is 35.5. The second-order valence-corrected chi connectivity index (χ2v) is 10.6. The maximum absolute atomic E-state index is 13.4. The topological polar surface area (TPSA) is 49.4 Å². The molecular weight excluding hydrogens is 455 g/mol. The fourth-order valence-corrected chi connectivity index (χ4v) is 4.24. The van der Waals surface area contributed by atoms with Gasteiger partial charge in [-0.15, -0.1) is 0 Å². The highest BCUT2D eigenvalue weighted by molar-refractivity contribution is 6.36. The number of nitrogens with one attached hydrogen (secondary N) is 1. The number of amides is 2. The summed E-state index contributed by atoms with van der Waals surface area (Å²) < 4.78 is 0. The van der Waals surface area contributed by atoms with Crippen LogP contribution in [0.3, 0.4) is 0 Å². The van der Waals surface area contributed by atoms with Gasteiger partial charge in [0.15, 0.2) is 0 Å². The van der Waals surface area contributed by atoms with E-state index in [1.165, 1.54) is 5.56 Å².